The summed E-state index contributed by atoms with van der Waals surface area (Å²) in [5, 5.41) is 0. The number of rotatable bonds is 2. The predicted octanol–water partition coefficient (Wildman–Crippen LogP) is 2.42. The lowest BCUT2D eigenvalue weighted by Gasteiger charge is -2.33. The Kier molecular flexibility index (Phi) is 3.66. The minimum atomic E-state index is 0.206. The zero-order valence-corrected chi connectivity index (χ0v) is 13.3. The largest absolute Gasteiger partial charge is 0.372 e. The Morgan fingerprint density at radius 3 is 2.68 bits per heavy atom. The van der Waals surface area contributed by atoms with Gasteiger partial charge in [0.25, 0.3) is 5.91 Å². The number of carbonyl (C=O) groups excluding carboxylic acids is 1. The van der Waals surface area contributed by atoms with Crippen molar-refractivity contribution in [3.05, 3.63) is 34.9 Å². The van der Waals surface area contributed by atoms with Crippen LogP contribution in [-0.2, 0) is 18.0 Å². The van der Waals surface area contributed by atoms with Gasteiger partial charge in [0.15, 0.2) is 0 Å². The molecule has 0 aromatic heterocycles. The molecule has 1 aromatic rings. The fraction of sp³-hybridized carbons (Fsp3) is 0.611. The second kappa shape index (κ2) is 5.67. The van der Waals surface area contributed by atoms with E-state index in [4.69, 9.17) is 4.74 Å². The zero-order valence-electron chi connectivity index (χ0n) is 13.3. The first-order valence-electron chi connectivity index (χ1n) is 8.45. The smallest absolute Gasteiger partial charge is 0.254 e. The van der Waals surface area contributed by atoms with Crippen LogP contribution in [0.1, 0.15) is 47.2 Å². The number of benzene rings is 1. The van der Waals surface area contributed by atoms with Gasteiger partial charge < -0.3 is 14.5 Å². The van der Waals surface area contributed by atoms with Gasteiger partial charge in [-0.1, -0.05) is 6.07 Å². The number of likely N-dealkylation sites (tertiary alicyclic amines) is 2. The molecule has 1 amide bonds. The summed E-state index contributed by atoms with van der Waals surface area (Å²) in [5.41, 5.74) is 3.24. The molecule has 3 heterocycles. The van der Waals surface area contributed by atoms with Crippen LogP contribution in [0.3, 0.4) is 0 Å². The van der Waals surface area contributed by atoms with E-state index in [0.717, 1.165) is 24.9 Å². The van der Waals surface area contributed by atoms with E-state index in [2.05, 4.69) is 22.9 Å². The summed E-state index contributed by atoms with van der Waals surface area (Å²) < 4.78 is 5.46. The molecule has 0 radical (unpaired) electrons. The molecule has 3 aliphatic rings. The van der Waals surface area contributed by atoms with Crippen molar-refractivity contribution in [2.75, 3.05) is 20.1 Å². The summed E-state index contributed by atoms with van der Waals surface area (Å²) >= 11 is 0. The maximum atomic E-state index is 13.0. The standard InChI is InChI=1S/C18H24N2O2/c1-19-8-2-4-16(19)17-5-3-9-20(17)18(21)13-6-7-14-11-22-12-15(14)10-13/h6-7,10,16-17H,2-5,8-9,11-12H2,1H3. The molecule has 2 atom stereocenters. The summed E-state index contributed by atoms with van der Waals surface area (Å²) in [6, 6.07) is 7.01. The van der Waals surface area contributed by atoms with E-state index in [1.807, 2.05) is 12.1 Å². The van der Waals surface area contributed by atoms with E-state index in [1.54, 1.807) is 0 Å². The highest BCUT2D eigenvalue weighted by molar-refractivity contribution is 5.95. The number of nitrogens with zero attached hydrogens (tertiary/aromatic N) is 2. The quantitative estimate of drug-likeness (QED) is 0.841. The molecule has 4 nitrogen and oxygen atoms in total. The average Bonchev–Trinajstić information content (AvgIpc) is 3.25. The minimum Gasteiger partial charge on any atom is -0.372 e. The van der Waals surface area contributed by atoms with Crippen molar-refractivity contribution in [2.45, 2.75) is 51.0 Å². The summed E-state index contributed by atoms with van der Waals surface area (Å²) in [6.07, 6.45) is 4.77. The maximum absolute atomic E-state index is 13.0. The van der Waals surface area contributed by atoms with Crippen LogP contribution in [-0.4, -0.2) is 47.9 Å². The molecule has 1 aromatic carbocycles. The topological polar surface area (TPSA) is 32.8 Å². The van der Waals surface area contributed by atoms with Gasteiger partial charge in [-0.15, -0.1) is 0 Å². The van der Waals surface area contributed by atoms with Crippen molar-refractivity contribution in [1.29, 1.82) is 0 Å². The molecule has 0 spiro atoms. The fourth-order valence-corrected chi connectivity index (χ4v) is 4.34. The number of carbonyl (C=O) groups is 1. The Hall–Kier alpha value is -1.39. The molecule has 0 aliphatic carbocycles. The third-order valence-corrected chi connectivity index (χ3v) is 5.55. The van der Waals surface area contributed by atoms with Crippen molar-refractivity contribution in [3.8, 4) is 0 Å². The first-order chi connectivity index (χ1) is 10.7. The molecular weight excluding hydrogens is 276 g/mol. The first-order valence-corrected chi connectivity index (χ1v) is 8.45. The highest BCUT2D eigenvalue weighted by Crippen LogP contribution is 2.31. The van der Waals surface area contributed by atoms with Crippen LogP contribution in [0, 0.1) is 0 Å². The van der Waals surface area contributed by atoms with Crippen LogP contribution >= 0.6 is 0 Å². The SMILES string of the molecule is CN1CCCC1C1CCCN1C(=O)c1ccc2c(c1)COC2. The molecule has 2 saturated heterocycles. The Morgan fingerprint density at radius 2 is 1.86 bits per heavy atom. The van der Waals surface area contributed by atoms with Crippen LogP contribution < -0.4 is 0 Å². The number of hydrogen-bond donors (Lipinski definition) is 0. The van der Waals surface area contributed by atoms with Crippen molar-refractivity contribution < 1.29 is 9.53 Å². The maximum Gasteiger partial charge on any atom is 0.254 e. The molecule has 3 aliphatic heterocycles. The number of amides is 1. The average molecular weight is 300 g/mol. The molecule has 0 bridgehead atoms. The Labute approximate surface area is 132 Å². The third-order valence-electron chi connectivity index (χ3n) is 5.55. The monoisotopic (exact) mass is 300 g/mol. The van der Waals surface area contributed by atoms with Crippen LogP contribution in [0.2, 0.25) is 0 Å². The van der Waals surface area contributed by atoms with Gasteiger partial charge >= 0.3 is 0 Å². The molecule has 2 fully saturated rings. The number of likely N-dealkylation sites (N-methyl/N-ethyl adjacent to an activating group) is 1. The molecule has 4 heteroatoms. The zero-order chi connectivity index (χ0) is 15.1. The van der Waals surface area contributed by atoms with Crippen molar-refractivity contribution in [2.24, 2.45) is 0 Å². The lowest BCUT2D eigenvalue weighted by atomic mass is 10.0. The Balaban J connectivity index is 1.56. The van der Waals surface area contributed by atoms with Gasteiger partial charge in [0, 0.05) is 24.2 Å². The van der Waals surface area contributed by atoms with Gasteiger partial charge in [0.05, 0.1) is 13.2 Å². The lowest BCUT2D eigenvalue weighted by Crippen LogP contribution is -2.47. The number of fused-ring (bicyclic) bond motifs is 1. The summed E-state index contributed by atoms with van der Waals surface area (Å²) in [7, 11) is 2.20. The summed E-state index contributed by atoms with van der Waals surface area (Å²) in [4.78, 5) is 17.6. The molecular formula is C18H24N2O2. The molecule has 118 valence electrons. The van der Waals surface area contributed by atoms with Crippen LogP contribution in [0.15, 0.2) is 18.2 Å². The van der Waals surface area contributed by atoms with Gasteiger partial charge in [-0.2, -0.15) is 0 Å². The normalized spacial score (nSPS) is 28.3. The third kappa shape index (κ3) is 2.34. The number of hydrogen-bond acceptors (Lipinski definition) is 3. The van der Waals surface area contributed by atoms with Gasteiger partial charge in [-0.05, 0) is 62.5 Å². The van der Waals surface area contributed by atoms with E-state index >= 15 is 0 Å². The summed E-state index contributed by atoms with van der Waals surface area (Å²) in [5.74, 6) is 0.206. The van der Waals surface area contributed by atoms with E-state index in [0.29, 0.717) is 25.3 Å². The van der Waals surface area contributed by atoms with Crippen molar-refractivity contribution in [1.82, 2.24) is 9.80 Å². The number of ether oxygens (including phenoxy) is 1. The second-order valence-corrected chi connectivity index (χ2v) is 6.87. The second-order valence-electron chi connectivity index (χ2n) is 6.87. The Bertz CT molecular complexity index is 586. The van der Waals surface area contributed by atoms with Crippen LogP contribution in [0.25, 0.3) is 0 Å². The van der Waals surface area contributed by atoms with E-state index < -0.39 is 0 Å². The van der Waals surface area contributed by atoms with E-state index in [-0.39, 0.29) is 5.91 Å². The van der Waals surface area contributed by atoms with Crippen LogP contribution in [0.5, 0.6) is 0 Å². The van der Waals surface area contributed by atoms with Crippen molar-refractivity contribution in [3.63, 3.8) is 0 Å². The lowest BCUT2D eigenvalue weighted by molar-refractivity contribution is 0.0664. The molecule has 22 heavy (non-hydrogen) atoms. The molecule has 4 rings (SSSR count). The predicted molar refractivity (Wildman–Crippen MR) is 84.6 cm³/mol. The highest BCUT2D eigenvalue weighted by atomic mass is 16.5. The van der Waals surface area contributed by atoms with Crippen LogP contribution in [0.4, 0.5) is 0 Å². The molecule has 0 N–H and O–H groups in total. The molecule has 0 saturated carbocycles. The summed E-state index contributed by atoms with van der Waals surface area (Å²) in [6.45, 7) is 3.40. The van der Waals surface area contributed by atoms with E-state index in [1.165, 1.54) is 30.5 Å². The highest BCUT2D eigenvalue weighted by Gasteiger charge is 2.38. The van der Waals surface area contributed by atoms with Gasteiger partial charge in [-0.25, -0.2) is 0 Å². The Morgan fingerprint density at radius 1 is 1.09 bits per heavy atom. The van der Waals surface area contributed by atoms with Gasteiger partial charge in [0.2, 0.25) is 0 Å². The first kappa shape index (κ1) is 14.2. The fourth-order valence-electron chi connectivity index (χ4n) is 4.34. The molecule has 2 unspecified atom stereocenters. The minimum absolute atomic E-state index is 0.206. The van der Waals surface area contributed by atoms with Gasteiger partial charge in [0.1, 0.15) is 0 Å². The van der Waals surface area contributed by atoms with E-state index in [9.17, 15) is 4.79 Å². The van der Waals surface area contributed by atoms with Crippen molar-refractivity contribution >= 4 is 5.91 Å². The van der Waals surface area contributed by atoms with Gasteiger partial charge in [-0.3, -0.25) is 4.79 Å².